The Kier molecular flexibility index (Phi) is 7.72. The van der Waals surface area contributed by atoms with Crippen LogP contribution in [0.3, 0.4) is 0 Å². The molecule has 29 heavy (non-hydrogen) atoms. The summed E-state index contributed by atoms with van der Waals surface area (Å²) in [6.07, 6.45) is 1.26. The van der Waals surface area contributed by atoms with Crippen LogP contribution in [0.4, 0.5) is 8.78 Å². The van der Waals surface area contributed by atoms with Crippen molar-refractivity contribution in [1.82, 2.24) is 10.8 Å². The van der Waals surface area contributed by atoms with Gasteiger partial charge in [-0.1, -0.05) is 24.7 Å². The predicted molar refractivity (Wildman–Crippen MR) is 101 cm³/mol. The van der Waals surface area contributed by atoms with Gasteiger partial charge in [-0.3, -0.25) is 14.8 Å². The molecule has 0 aliphatic heterocycles. The fourth-order valence-corrected chi connectivity index (χ4v) is 2.90. The Morgan fingerprint density at radius 2 is 1.79 bits per heavy atom. The number of aliphatic hydroxyl groups is 1. The average molecular weight is 404 g/mol. The van der Waals surface area contributed by atoms with Gasteiger partial charge in [-0.25, -0.2) is 14.3 Å². The zero-order valence-electron chi connectivity index (χ0n) is 15.8. The summed E-state index contributed by atoms with van der Waals surface area (Å²) in [7, 11) is 0. The zero-order valence-corrected chi connectivity index (χ0v) is 15.8. The smallest absolute Gasteiger partial charge is 0.269 e. The SMILES string of the molecule is CC(O)(C(F)F)[C@H](NC(=O)c1ccc(C#CC#CC2CCCC2)cc1)C(=O)NO. The van der Waals surface area contributed by atoms with Gasteiger partial charge in [0.15, 0.2) is 5.60 Å². The largest absolute Gasteiger partial charge is 0.381 e. The minimum absolute atomic E-state index is 0.0633. The molecule has 1 saturated carbocycles. The average Bonchev–Trinajstić information content (AvgIpc) is 3.22. The normalized spacial score (nSPS) is 16.6. The molecule has 0 saturated heterocycles. The number of hydrogen-bond donors (Lipinski definition) is 4. The number of halogens is 2. The Labute approximate surface area is 167 Å². The Morgan fingerprint density at radius 1 is 1.17 bits per heavy atom. The van der Waals surface area contributed by atoms with Crippen LogP contribution in [-0.2, 0) is 4.79 Å². The molecule has 0 aromatic heterocycles. The summed E-state index contributed by atoms with van der Waals surface area (Å²) in [6, 6.07) is 3.82. The molecule has 0 heterocycles. The summed E-state index contributed by atoms with van der Waals surface area (Å²) in [5.74, 6) is 9.71. The fraction of sp³-hybridized carbons (Fsp3) is 0.429. The molecule has 2 rings (SSSR count). The molecule has 0 bridgehead atoms. The van der Waals surface area contributed by atoms with Crippen LogP contribution < -0.4 is 10.8 Å². The van der Waals surface area contributed by atoms with Crippen LogP contribution in [0.15, 0.2) is 24.3 Å². The van der Waals surface area contributed by atoms with Gasteiger partial charge in [0.1, 0.15) is 6.04 Å². The second-order valence-corrected chi connectivity index (χ2v) is 6.99. The van der Waals surface area contributed by atoms with Crippen molar-refractivity contribution in [1.29, 1.82) is 0 Å². The quantitative estimate of drug-likeness (QED) is 0.342. The van der Waals surface area contributed by atoms with E-state index in [1.165, 1.54) is 25.0 Å². The van der Waals surface area contributed by atoms with Crippen LogP contribution in [0.5, 0.6) is 0 Å². The third-order valence-corrected chi connectivity index (χ3v) is 4.72. The third-order valence-electron chi connectivity index (χ3n) is 4.72. The molecular weight excluding hydrogens is 382 g/mol. The van der Waals surface area contributed by atoms with Gasteiger partial charge in [0.25, 0.3) is 18.2 Å². The molecule has 8 heteroatoms. The Balaban J connectivity index is 2.06. The van der Waals surface area contributed by atoms with Gasteiger partial charge in [-0.15, -0.1) is 0 Å². The first kappa shape index (κ1) is 22.4. The van der Waals surface area contributed by atoms with E-state index in [1.54, 1.807) is 12.1 Å². The van der Waals surface area contributed by atoms with E-state index in [4.69, 9.17) is 5.21 Å². The summed E-state index contributed by atoms with van der Waals surface area (Å²) >= 11 is 0. The highest BCUT2D eigenvalue weighted by atomic mass is 19.3. The van der Waals surface area contributed by atoms with Crippen LogP contribution >= 0.6 is 0 Å². The maximum atomic E-state index is 13.0. The van der Waals surface area contributed by atoms with E-state index in [2.05, 4.69) is 23.7 Å². The molecule has 1 fully saturated rings. The minimum atomic E-state index is -3.34. The maximum Gasteiger partial charge on any atom is 0.269 e. The maximum absolute atomic E-state index is 13.0. The van der Waals surface area contributed by atoms with E-state index in [9.17, 15) is 23.5 Å². The lowest BCUT2D eigenvalue weighted by Gasteiger charge is -2.30. The summed E-state index contributed by atoms with van der Waals surface area (Å²) in [4.78, 5) is 23.9. The zero-order chi connectivity index (χ0) is 21.4. The van der Waals surface area contributed by atoms with Crippen LogP contribution in [-0.4, -0.2) is 40.2 Å². The minimum Gasteiger partial charge on any atom is -0.381 e. The first-order chi connectivity index (χ1) is 13.8. The molecule has 1 aliphatic carbocycles. The molecule has 2 amide bonds. The van der Waals surface area contributed by atoms with Crippen molar-refractivity contribution >= 4 is 11.8 Å². The molecule has 4 N–H and O–H groups in total. The van der Waals surface area contributed by atoms with E-state index in [-0.39, 0.29) is 5.56 Å². The Hall–Kier alpha value is -2.94. The van der Waals surface area contributed by atoms with Gasteiger partial charge in [-0.2, -0.15) is 0 Å². The van der Waals surface area contributed by atoms with E-state index < -0.39 is 29.9 Å². The van der Waals surface area contributed by atoms with Crippen molar-refractivity contribution in [2.75, 3.05) is 0 Å². The molecule has 1 unspecified atom stereocenters. The first-order valence-electron chi connectivity index (χ1n) is 9.12. The Bertz CT molecular complexity index is 855. The molecule has 1 aliphatic rings. The van der Waals surface area contributed by atoms with E-state index in [0.29, 0.717) is 18.4 Å². The number of carbonyl (C=O) groups is 2. The van der Waals surface area contributed by atoms with Gasteiger partial charge in [0.05, 0.1) is 0 Å². The van der Waals surface area contributed by atoms with Crippen LogP contribution in [0, 0.1) is 29.6 Å². The van der Waals surface area contributed by atoms with Crippen molar-refractivity contribution in [2.24, 2.45) is 5.92 Å². The highest BCUT2D eigenvalue weighted by Crippen LogP contribution is 2.23. The van der Waals surface area contributed by atoms with Crippen molar-refractivity contribution in [3.63, 3.8) is 0 Å². The molecule has 0 radical (unpaired) electrons. The lowest BCUT2D eigenvalue weighted by atomic mass is 9.95. The molecule has 1 aromatic rings. The van der Waals surface area contributed by atoms with Crippen molar-refractivity contribution in [2.45, 2.75) is 50.7 Å². The number of rotatable bonds is 5. The molecule has 1 aromatic carbocycles. The number of amides is 2. The summed E-state index contributed by atoms with van der Waals surface area (Å²) in [6.45, 7) is 0.684. The second-order valence-electron chi connectivity index (χ2n) is 6.99. The number of benzene rings is 1. The first-order valence-corrected chi connectivity index (χ1v) is 9.12. The Morgan fingerprint density at radius 3 is 2.34 bits per heavy atom. The number of hydroxylamine groups is 1. The number of hydrogen-bond acceptors (Lipinski definition) is 4. The van der Waals surface area contributed by atoms with E-state index in [0.717, 1.165) is 18.3 Å². The second kappa shape index (κ2) is 10.0. The van der Waals surface area contributed by atoms with Crippen LogP contribution in [0.1, 0.15) is 48.5 Å². The number of nitrogens with one attached hydrogen (secondary N) is 2. The standard InChI is InChI=1S/C21H22F2N2O4/c1-21(28,20(22)23)17(19(27)25-29)24-18(26)16-12-10-15(11-13-16)9-5-4-8-14-6-2-3-7-14/h10-14,17,20,28-29H,2-3,6-7H2,1H3,(H,24,26)(H,25,27)/t17-,21?/m1/s1. The summed E-state index contributed by atoms with van der Waals surface area (Å²) in [5.41, 5.74) is -1.05. The lowest BCUT2D eigenvalue weighted by Crippen LogP contribution is -2.61. The molecule has 154 valence electrons. The lowest BCUT2D eigenvalue weighted by molar-refractivity contribution is -0.149. The molecular formula is C21H22F2N2O4. The highest BCUT2D eigenvalue weighted by molar-refractivity contribution is 5.97. The fourth-order valence-electron chi connectivity index (χ4n) is 2.90. The van der Waals surface area contributed by atoms with Gasteiger partial charge in [0, 0.05) is 17.0 Å². The number of carbonyl (C=O) groups excluding carboxylic acids is 2. The molecule has 2 atom stereocenters. The monoisotopic (exact) mass is 404 g/mol. The van der Waals surface area contributed by atoms with E-state index in [1.807, 2.05) is 5.32 Å². The van der Waals surface area contributed by atoms with Gasteiger partial charge >= 0.3 is 0 Å². The van der Waals surface area contributed by atoms with Gasteiger partial charge in [0.2, 0.25) is 0 Å². The summed E-state index contributed by atoms with van der Waals surface area (Å²) < 4.78 is 26.0. The van der Waals surface area contributed by atoms with Crippen molar-refractivity contribution in [3.05, 3.63) is 35.4 Å². The van der Waals surface area contributed by atoms with Gasteiger partial charge < -0.3 is 10.4 Å². The predicted octanol–water partition coefficient (Wildman–Crippen LogP) is 1.85. The third kappa shape index (κ3) is 6.02. The number of alkyl halides is 2. The highest BCUT2D eigenvalue weighted by Gasteiger charge is 2.46. The van der Waals surface area contributed by atoms with Gasteiger partial charge in [-0.05, 0) is 55.9 Å². The molecule has 0 spiro atoms. The van der Waals surface area contributed by atoms with Crippen molar-refractivity contribution < 1.29 is 28.7 Å². The summed E-state index contributed by atoms with van der Waals surface area (Å²) in [5, 5.41) is 20.5. The molecule has 6 nitrogen and oxygen atoms in total. The van der Waals surface area contributed by atoms with E-state index >= 15 is 0 Å². The topological polar surface area (TPSA) is 98.7 Å². The van der Waals surface area contributed by atoms with Crippen LogP contribution in [0.25, 0.3) is 0 Å². The van der Waals surface area contributed by atoms with Crippen LogP contribution in [0.2, 0.25) is 0 Å². The van der Waals surface area contributed by atoms with Crippen molar-refractivity contribution in [3.8, 4) is 23.7 Å².